The smallest absolute Gasteiger partial charge is 0.114 e. The Morgan fingerprint density at radius 2 is 1.80 bits per heavy atom. The molecule has 0 radical (unpaired) electrons. The minimum Gasteiger partial charge on any atom is -0.248 e. The standard InChI is InChI=1S/C12H11NS2/c1-14-11-8-5-9-13-12(11)15-10-6-3-2-4-7-10/h2-9H,1H3. The van der Waals surface area contributed by atoms with E-state index in [1.165, 1.54) is 9.79 Å². The molecule has 0 N–H and O–H groups in total. The van der Waals surface area contributed by atoms with Gasteiger partial charge >= 0.3 is 0 Å². The molecule has 0 saturated heterocycles. The van der Waals surface area contributed by atoms with E-state index in [0.29, 0.717) is 0 Å². The largest absolute Gasteiger partial charge is 0.248 e. The van der Waals surface area contributed by atoms with Gasteiger partial charge in [0.1, 0.15) is 5.03 Å². The molecule has 1 aromatic heterocycles. The van der Waals surface area contributed by atoms with E-state index >= 15 is 0 Å². The summed E-state index contributed by atoms with van der Waals surface area (Å²) >= 11 is 3.44. The van der Waals surface area contributed by atoms with Crippen molar-refractivity contribution in [2.45, 2.75) is 14.8 Å². The Balaban J connectivity index is 2.24. The monoisotopic (exact) mass is 233 g/mol. The van der Waals surface area contributed by atoms with Crippen molar-refractivity contribution in [2.24, 2.45) is 0 Å². The Labute approximate surface area is 98.3 Å². The van der Waals surface area contributed by atoms with E-state index in [-0.39, 0.29) is 0 Å². The quantitative estimate of drug-likeness (QED) is 0.745. The number of pyridine rings is 1. The van der Waals surface area contributed by atoms with Crippen LogP contribution in [0.15, 0.2) is 63.5 Å². The lowest BCUT2D eigenvalue weighted by atomic mass is 10.4. The molecule has 15 heavy (non-hydrogen) atoms. The molecule has 0 saturated carbocycles. The summed E-state index contributed by atoms with van der Waals surface area (Å²) in [6.07, 6.45) is 3.91. The molecule has 1 heterocycles. The van der Waals surface area contributed by atoms with E-state index < -0.39 is 0 Å². The van der Waals surface area contributed by atoms with Gasteiger partial charge in [0.2, 0.25) is 0 Å². The van der Waals surface area contributed by atoms with Crippen LogP contribution >= 0.6 is 23.5 Å². The van der Waals surface area contributed by atoms with E-state index in [1.54, 1.807) is 23.5 Å². The topological polar surface area (TPSA) is 12.9 Å². The van der Waals surface area contributed by atoms with Crippen LogP contribution in [0.2, 0.25) is 0 Å². The first-order valence-corrected chi connectivity index (χ1v) is 6.66. The van der Waals surface area contributed by atoms with Crippen LogP contribution in [0.4, 0.5) is 0 Å². The number of aromatic nitrogens is 1. The van der Waals surface area contributed by atoms with Gasteiger partial charge in [0, 0.05) is 16.0 Å². The van der Waals surface area contributed by atoms with Crippen molar-refractivity contribution in [1.29, 1.82) is 0 Å². The Morgan fingerprint density at radius 1 is 1.00 bits per heavy atom. The number of thioether (sulfide) groups is 1. The number of nitrogens with zero attached hydrogens (tertiary/aromatic N) is 1. The van der Waals surface area contributed by atoms with Gasteiger partial charge in [-0.05, 0) is 30.5 Å². The summed E-state index contributed by atoms with van der Waals surface area (Å²) in [7, 11) is 0. The van der Waals surface area contributed by atoms with Gasteiger partial charge in [-0.1, -0.05) is 30.0 Å². The van der Waals surface area contributed by atoms with E-state index in [1.807, 2.05) is 30.5 Å². The van der Waals surface area contributed by atoms with Crippen molar-refractivity contribution in [3.05, 3.63) is 48.7 Å². The second-order valence-electron chi connectivity index (χ2n) is 2.93. The highest BCUT2D eigenvalue weighted by molar-refractivity contribution is 8.02. The zero-order valence-electron chi connectivity index (χ0n) is 8.38. The normalized spacial score (nSPS) is 10.2. The summed E-state index contributed by atoms with van der Waals surface area (Å²) < 4.78 is 0. The third kappa shape index (κ3) is 2.76. The van der Waals surface area contributed by atoms with Crippen LogP contribution in [0.3, 0.4) is 0 Å². The molecule has 1 aromatic carbocycles. The van der Waals surface area contributed by atoms with Crippen molar-refractivity contribution in [3.63, 3.8) is 0 Å². The second kappa shape index (κ2) is 5.24. The molecule has 0 aliphatic rings. The highest BCUT2D eigenvalue weighted by Gasteiger charge is 2.03. The first-order chi connectivity index (χ1) is 7.40. The molecule has 0 atom stereocenters. The fourth-order valence-corrected chi connectivity index (χ4v) is 2.82. The van der Waals surface area contributed by atoms with E-state index in [9.17, 15) is 0 Å². The van der Waals surface area contributed by atoms with Crippen molar-refractivity contribution >= 4 is 23.5 Å². The van der Waals surface area contributed by atoms with Crippen molar-refractivity contribution in [3.8, 4) is 0 Å². The molecular weight excluding hydrogens is 222 g/mol. The molecule has 0 aliphatic heterocycles. The lowest BCUT2D eigenvalue weighted by Crippen LogP contribution is -1.82. The average molecular weight is 233 g/mol. The van der Waals surface area contributed by atoms with Crippen LogP contribution in [0, 0.1) is 0 Å². The lowest BCUT2D eigenvalue weighted by Gasteiger charge is -2.04. The molecule has 0 unspecified atom stereocenters. The molecule has 0 fully saturated rings. The van der Waals surface area contributed by atoms with Gasteiger partial charge in [0.15, 0.2) is 0 Å². The van der Waals surface area contributed by atoms with Crippen LogP contribution in [-0.4, -0.2) is 11.2 Å². The summed E-state index contributed by atoms with van der Waals surface area (Å²) in [5, 5.41) is 1.08. The average Bonchev–Trinajstić information content (AvgIpc) is 2.31. The maximum Gasteiger partial charge on any atom is 0.114 e. The summed E-state index contributed by atoms with van der Waals surface area (Å²) in [6, 6.07) is 14.4. The van der Waals surface area contributed by atoms with Gasteiger partial charge < -0.3 is 0 Å². The molecule has 0 aliphatic carbocycles. The summed E-state index contributed by atoms with van der Waals surface area (Å²) in [4.78, 5) is 6.84. The predicted octanol–water partition coefficient (Wildman–Crippen LogP) is 3.95. The first kappa shape index (κ1) is 10.6. The number of hydrogen-bond acceptors (Lipinski definition) is 3. The van der Waals surface area contributed by atoms with Gasteiger partial charge in [-0.25, -0.2) is 4.98 Å². The molecule has 3 heteroatoms. The first-order valence-electron chi connectivity index (χ1n) is 4.62. The van der Waals surface area contributed by atoms with Crippen molar-refractivity contribution in [2.75, 3.05) is 6.26 Å². The van der Waals surface area contributed by atoms with Crippen molar-refractivity contribution < 1.29 is 0 Å². The lowest BCUT2D eigenvalue weighted by molar-refractivity contribution is 1.03. The molecule has 2 aromatic rings. The fourth-order valence-electron chi connectivity index (χ4n) is 1.21. The SMILES string of the molecule is CSc1cccnc1Sc1ccccc1. The molecular formula is C12H11NS2. The van der Waals surface area contributed by atoms with Crippen LogP contribution < -0.4 is 0 Å². The molecule has 0 amide bonds. The number of hydrogen-bond donors (Lipinski definition) is 0. The third-order valence-electron chi connectivity index (χ3n) is 1.91. The summed E-state index contributed by atoms with van der Waals surface area (Å²) in [6.45, 7) is 0. The van der Waals surface area contributed by atoms with Gasteiger partial charge in [-0.2, -0.15) is 0 Å². The third-order valence-corrected chi connectivity index (χ3v) is 3.84. The van der Waals surface area contributed by atoms with E-state index in [0.717, 1.165) is 5.03 Å². The van der Waals surface area contributed by atoms with Crippen molar-refractivity contribution in [1.82, 2.24) is 4.98 Å². The van der Waals surface area contributed by atoms with E-state index in [4.69, 9.17) is 0 Å². The van der Waals surface area contributed by atoms with Gasteiger partial charge in [-0.15, -0.1) is 11.8 Å². The maximum absolute atomic E-state index is 4.39. The maximum atomic E-state index is 4.39. The molecule has 2 rings (SSSR count). The van der Waals surface area contributed by atoms with Gasteiger partial charge in [0.25, 0.3) is 0 Å². The Hall–Kier alpha value is -0.930. The number of rotatable bonds is 3. The zero-order valence-corrected chi connectivity index (χ0v) is 10.0. The Morgan fingerprint density at radius 3 is 2.53 bits per heavy atom. The Kier molecular flexibility index (Phi) is 3.69. The van der Waals surface area contributed by atoms with Gasteiger partial charge in [-0.3, -0.25) is 0 Å². The predicted molar refractivity (Wildman–Crippen MR) is 66.6 cm³/mol. The Bertz CT molecular complexity index is 429. The molecule has 0 spiro atoms. The van der Waals surface area contributed by atoms with Crippen LogP contribution in [0.25, 0.3) is 0 Å². The second-order valence-corrected chi connectivity index (χ2v) is 4.84. The van der Waals surface area contributed by atoms with Crippen LogP contribution in [0.1, 0.15) is 0 Å². The minimum absolute atomic E-state index is 1.08. The highest BCUT2D eigenvalue weighted by atomic mass is 32.2. The van der Waals surface area contributed by atoms with Gasteiger partial charge in [0.05, 0.1) is 0 Å². The highest BCUT2D eigenvalue weighted by Crippen LogP contribution is 2.32. The molecule has 76 valence electrons. The minimum atomic E-state index is 1.08. The summed E-state index contributed by atoms with van der Waals surface area (Å²) in [5.74, 6) is 0. The fraction of sp³-hybridized carbons (Fsp3) is 0.0833. The zero-order chi connectivity index (χ0) is 10.5. The van der Waals surface area contributed by atoms with E-state index in [2.05, 4.69) is 29.4 Å². The summed E-state index contributed by atoms with van der Waals surface area (Å²) in [5.41, 5.74) is 0. The van der Waals surface area contributed by atoms with Crippen LogP contribution in [0.5, 0.6) is 0 Å². The molecule has 1 nitrogen and oxygen atoms in total. The number of benzene rings is 1. The van der Waals surface area contributed by atoms with Crippen LogP contribution in [-0.2, 0) is 0 Å². The molecule has 0 bridgehead atoms.